The quantitative estimate of drug-likeness (QED) is 0.261. The summed E-state index contributed by atoms with van der Waals surface area (Å²) in [4.78, 5) is 13.6. The van der Waals surface area contributed by atoms with Gasteiger partial charge >= 0.3 is 12.1 Å². The molecule has 0 aromatic heterocycles. The first-order valence-corrected chi connectivity index (χ1v) is 13.8. The molecule has 1 unspecified atom stereocenters. The van der Waals surface area contributed by atoms with E-state index < -0.39 is 47.2 Å². The normalized spacial score (nSPS) is 20.6. The third-order valence-electron chi connectivity index (χ3n) is 7.56. The molecule has 4 rings (SSSR count). The molecule has 1 atom stereocenters. The molecule has 5 nitrogen and oxygen atoms in total. The molecule has 2 aromatic rings. The second kappa shape index (κ2) is 11.3. The lowest BCUT2D eigenvalue weighted by molar-refractivity contribution is -0.148. The van der Waals surface area contributed by atoms with Crippen molar-refractivity contribution in [3.05, 3.63) is 47.8 Å². The molecule has 2 aliphatic rings. The highest BCUT2D eigenvalue weighted by Gasteiger charge is 2.40. The van der Waals surface area contributed by atoms with Gasteiger partial charge < -0.3 is 14.7 Å². The Balaban J connectivity index is 1.74. The van der Waals surface area contributed by atoms with E-state index in [0.29, 0.717) is 29.8 Å². The molecule has 1 aliphatic carbocycles. The van der Waals surface area contributed by atoms with Crippen molar-refractivity contribution < 1.29 is 41.0 Å². The fourth-order valence-corrected chi connectivity index (χ4v) is 5.99. The summed E-state index contributed by atoms with van der Waals surface area (Å²) in [6, 6.07) is 7.45. The number of halogens is 6. The number of likely N-dealkylation sites (N-methyl/N-ethyl adjacent to an activating group) is 1. The van der Waals surface area contributed by atoms with E-state index in [1.165, 1.54) is 56.1 Å². The van der Waals surface area contributed by atoms with Crippen LogP contribution in [0.15, 0.2) is 41.3 Å². The molecular formula is C28H32F6N2O3S. The minimum Gasteiger partial charge on any atom is -0.492 e. The van der Waals surface area contributed by atoms with Crippen LogP contribution in [-0.4, -0.2) is 47.5 Å². The number of hydrogen-bond donors (Lipinski definition) is 1. The van der Waals surface area contributed by atoms with Crippen molar-refractivity contribution in [3.8, 4) is 5.75 Å². The maximum atomic E-state index is 14.3. The van der Waals surface area contributed by atoms with Gasteiger partial charge in [0.15, 0.2) is 0 Å². The van der Waals surface area contributed by atoms with Gasteiger partial charge in [-0.05, 0) is 94.4 Å². The molecule has 1 heterocycles. The van der Waals surface area contributed by atoms with E-state index in [1.807, 2.05) is 4.31 Å². The zero-order valence-corrected chi connectivity index (χ0v) is 23.2. The van der Waals surface area contributed by atoms with E-state index in [0.717, 1.165) is 6.07 Å². The topological polar surface area (TPSA) is 53.0 Å². The predicted molar refractivity (Wildman–Crippen MR) is 141 cm³/mol. The molecule has 220 valence electrons. The highest BCUT2D eigenvalue weighted by molar-refractivity contribution is 7.97. The number of fused-ring (bicyclic) bond motifs is 1. The molecule has 0 radical (unpaired) electrons. The van der Waals surface area contributed by atoms with Gasteiger partial charge in [-0.15, -0.1) is 0 Å². The van der Waals surface area contributed by atoms with Crippen molar-refractivity contribution in [2.75, 3.05) is 25.1 Å². The van der Waals surface area contributed by atoms with E-state index in [1.54, 1.807) is 11.9 Å². The Hall–Kier alpha value is -2.60. The van der Waals surface area contributed by atoms with Crippen molar-refractivity contribution >= 4 is 29.3 Å². The summed E-state index contributed by atoms with van der Waals surface area (Å²) in [5.74, 6) is -4.84. The molecular weight excluding hydrogens is 558 g/mol. The summed E-state index contributed by atoms with van der Waals surface area (Å²) in [5.41, 5.74) is -1.77. The van der Waals surface area contributed by atoms with Gasteiger partial charge in [-0.3, -0.25) is 4.79 Å². The molecule has 2 aromatic carbocycles. The third-order valence-corrected chi connectivity index (χ3v) is 8.66. The van der Waals surface area contributed by atoms with Gasteiger partial charge in [0.1, 0.15) is 18.2 Å². The first kappa shape index (κ1) is 30.4. The van der Waals surface area contributed by atoms with Crippen LogP contribution >= 0.6 is 11.9 Å². The number of ether oxygens (including phenoxy) is 1. The summed E-state index contributed by atoms with van der Waals surface area (Å²) in [6.07, 6.45) is -3.89. The second-order valence-corrected chi connectivity index (χ2v) is 12.4. The number of carbonyl (C=O) groups is 1. The van der Waals surface area contributed by atoms with E-state index in [9.17, 15) is 36.2 Å². The van der Waals surface area contributed by atoms with E-state index in [2.05, 4.69) is 0 Å². The molecule has 0 spiro atoms. The van der Waals surface area contributed by atoms with E-state index in [4.69, 9.17) is 4.74 Å². The van der Waals surface area contributed by atoms with Crippen molar-refractivity contribution in [1.82, 2.24) is 4.31 Å². The predicted octanol–water partition coefficient (Wildman–Crippen LogP) is 8.01. The zero-order valence-electron chi connectivity index (χ0n) is 22.4. The van der Waals surface area contributed by atoms with Crippen molar-refractivity contribution in [1.29, 1.82) is 0 Å². The Labute approximate surface area is 233 Å². The largest absolute Gasteiger partial charge is 0.492 e. The third kappa shape index (κ3) is 6.99. The van der Waals surface area contributed by atoms with Crippen LogP contribution in [0, 0.1) is 17.2 Å². The smallest absolute Gasteiger partial charge is 0.420 e. The minimum absolute atomic E-state index is 0.0341. The molecule has 0 bridgehead atoms. The average molecular weight is 591 g/mol. The van der Waals surface area contributed by atoms with Crippen LogP contribution in [0.3, 0.4) is 0 Å². The number of anilines is 2. The molecule has 1 fully saturated rings. The van der Waals surface area contributed by atoms with Gasteiger partial charge in [0.05, 0.1) is 21.6 Å². The van der Waals surface area contributed by atoms with Gasteiger partial charge in [0, 0.05) is 31.1 Å². The van der Waals surface area contributed by atoms with Crippen LogP contribution in [0.1, 0.15) is 51.5 Å². The molecule has 1 saturated carbocycles. The molecule has 1 N–H and O–H groups in total. The molecule has 40 heavy (non-hydrogen) atoms. The molecule has 1 aliphatic heterocycles. The van der Waals surface area contributed by atoms with Crippen LogP contribution in [-0.2, 0) is 11.0 Å². The Kier molecular flexibility index (Phi) is 8.61. The lowest BCUT2D eigenvalue weighted by atomic mass is 9.83. The van der Waals surface area contributed by atoms with Gasteiger partial charge in [-0.1, -0.05) is 0 Å². The van der Waals surface area contributed by atoms with Gasteiger partial charge in [0.25, 0.3) is 0 Å². The SMILES string of the molecule is CN1Sc2cc(OCC(C)(C)C(=O)O)c(C(F)(F)F)cc2N(c2ccc(F)cc2)CC1CC1CCC(F)(F)CC1. The summed E-state index contributed by atoms with van der Waals surface area (Å²) in [6.45, 7) is 2.48. The van der Waals surface area contributed by atoms with Gasteiger partial charge in [-0.25, -0.2) is 17.5 Å². The van der Waals surface area contributed by atoms with Crippen LogP contribution in [0.25, 0.3) is 0 Å². The Bertz CT molecular complexity index is 1210. The van der Waals surface area contributed by atoms with E-state index >= 15 is 0 Å². The van der Waals surface area contributed by atoms with Crippen LogP contribution in [0.5, 0.6) is 5.75 Å². The standard InChI is InChI=1S/C28H32F6N2O3S/c1-26(2,25(37)38)16-39-23-14-24-22(13-21(23)28(32,33)34)36(19-6-4-18(29)5-7-19)15-20(35(3)40-24)12-17-8-10-27(30,31)11-9-17/h4-7,13-14,17,20H,8-12,15-16H2,1-3H3,(H,37,38). The number of carboxylic acid groups (broad SMARTS) is 1. The fraction of sp³-hybridized carbons (Fsp3) is 0.536. The number of alkyl halides is 5. The maximum absolute atomic E-state index is 14.3. The highest BCUT2D eigenvalue weighted by Crippen LogP contribution is 2.48. The Morgan fingerprint density at radius 1 is 1.12 bits per heavy atom. The Morgan fingerprint density at radius 3 is 2.33 bits per heavy atom. The first-order valence-electron chi connectivity index (χ1n) is 13.0. The van der Waals surface area contributed by atoms with Gasteiger partial charge in [-0.2, -0.15) is 13.2 Å². The molecule has 0 saturated heterocycles. The summed E-state index contributed by atoms with van der Waals surface area (Å²) in [7, 11) is 1.80. The monoisotopic (exact) mass is 590 g/mol. The second-order valence-electron chi connectivity index (χ2n) is 11.2. The van der Waals surface area contributed by atoms with Gasteiger partial charge in [0.2, 0.25) is 5.92 Å². The van der Waals surface area contributed by atoms with Crippen molar-refractivity contribution in [2.24, 2.45) is 11.3 Å². The maximum Gasteiger partial charge on any atom is 0.420 e. The van der Waals surface area contributed by atoms with Crippen LogP contribution < -0.4 is 9.64 Å². The van der Waals surface area contributed by atoms with Crippen molar-refractivity contribution in [2.45, 2.75) is 69.0 Å². The number of nitrogens with zero attached hydrogens (tertiary/aromatic N) is 2. The lowest BCUT2D eigenvalue weighted by Crippen LogP contribution is -2.38. The molecule has 12 heteroatoms. The Morgan fingerprint density at radius 2 is 1.75 bits per heavy atom. The number of carboxylic acids is 1. The number of benzene rings is 2. The van der Waals surface area contributed by atoms with Crippen molar-refractivity contribution in [3.63, 3.8) is 0 Å². The first-order chi connectivity index (χ1) is 18.6. The number of aliphatic carboxylic acids is 1. The highest BCUT2D eigenvalue weighted by atomic mass is 32.2. The average Bonchev–Trinajstić information content (AvgIpc) is 2.99. The van der Waals surface area contributed by atoms with Crippen LogP contribution in [0.2, 0.25) is 0 Å². The van der Waals surface area contributed by atoms with Crippen LogP contribution in [0.4, 0.5) is 37.7 Å². The van der Waals surface area contributed by atoms with E-state index in [-0.39, 0.29) is 37.0 Å². The summed E-state index contributed by atoms with van der Waals surface area (Å²) >= 11 is 1.21. The summed E-state index contributed by atoms with van der Waals surface area (Å²) in [5, 5.41) is 9.40. The lowest BCUT2D eigenvalue weighted by Gasteiger charge is -2.35. The number of rotatable bonds is 7. The zero-order chi connectivity index (χ0) is 29.5. The minimum atomic E-state index is -4.80. The molecule has 0 amide bonds. The number of hydrogen-bond acceptors (Lipinski definition) is 5. The fourth-order valence-electron chi connectivity index (χ4n) is 4.96. The summed E-state index contributed by atoms with van der Waals surface area (Å²) < 4.78 is 91.4.